The van der Waals surface area contributed by atoms with Crippen molar-refractivity contribution in [3.05, 3.63) is 54.1 Å². The first-order chi connectivity index (χ1) is 9.53. The Bertz CT molecular complexity index is 724. The Morgan fingerprint density at radius 3 is 2.45 bits per heavy atom. The summed E-state index contributed by atoms with van der Waals surface area (Å²) in [5.74, 6) is 0. The molecule has 0 unspecified atom stereocenters. The molecule has 104 valence electrons. The molecule has 4 nitrogen and oxygen atoms in total. The Morgan fingerprint density at radius 1 is 1.05 bits per heavy atom. The van der Waals surface area contributed by atoms with E-state index in [1.807, 2.05) is 18.2 Å². The monoisotopic (exact) mass is 288 g/mol. The summed E-state index contributed by atoms with van der Waals surface area (Å²) in [6.07, 6.45) is 2.19. The minimum Gasteiger partial charge on any atom is -0.341 e. The van der Waals surface area contributed by atoms with Crippen LogP contribution in [0.1, 0.15) is 5.56 Å². The lowest BCUT2D eigenvalue weighted by Crippen LogP contribution is -2.13. The molecule has 1 N–H and O–H groups in total. The molecule has 0 atom stereocenters. The molecule has 20 heavy (non-hydrogen) atoms. The number of anilines is 3. The lowest BCUT2D eigenvalue weighted by Gasteiger charge is -2.19. The first-order valence-corrected chi connectivity index (χ1v) is 8.35. The highest BCUT2D eigenvalue weighted by molar-refractivity contribution is 7.92. The van der Waals surface area contributed by atoms with Gasteiger partial charge < -0.3 is 4.90 Å². The van der Waals surface area contributed by atoms with Crippen LogP contribution in [0.2, 0.25) is 0 Å². The summed E-state index contributed by atoms with van der Waals surface area (Å²) in [6.45, 7) is 0.957. The molecule has 2 aromatic carbocycles. The second kappa shape index (κ2) is 4.83. The van der Waals surface area contributed by atoms with Crippen molar-refractivity contribution in [2.24, 2.45) is 0 Å². The molecule has 5 heteroatoms. The summed E-state index contributed by atoms with van der Waals surface area (Å²) in [4.78, 5) is 2.25. The number of hydrogen-bond donors (Lipinski definition) is 1. The van der Waals surface area contributed by atoms with E-state index in [-0.39, 0.29) is 0 Å². The number of sulfonamides is 1. The lowest BCUT2D eigenvalue weighted by atomic mass is 10.2. The van der Waals surface area contributed by atoms with Gasteiger partial charge in [-0.15, -0.1) is 0 Å². The number of nitrogens with zero attached hydrogens (tertiary/aromatic N) is 1. The van der Waals surface area contributed by atoms with Crippen LogP contribution >= 0.6 is 0 Å². The maximum absolute atomic E-state index is 11.2. The van der Waals surface area contributed by atoms with Crippen molar-refractivity contribution in [3.63, 3.8) is 0 Å². The molecule has 0 saturated carbocycles. The molecule has 0 saturated heterocycles. The van der Waals surface area contributed by atoms with E-state index in [2.05, 4.69) is 27.8 Å². The average molecular weight is 288 g/mol. The SMILES string of the molecule is CS(=O)(=O)Nc1ccc(N2CCc3ccccc32)cc1. The predicted molar refractivity (Wildman–Crippen MR) is 82.1 cm³/mol. The summed E-state index contributed by atoms with van der Waals surface area (Å²) >= 11 is 0. The number of rotatable bonds is 3. The van der Waals surface area contributed by atoms with Gasteiger partial charge >= 0.3 is 0 Å². The van der Waals surface area contributed by atoms with Crippen molar-refractivity contribution < 1.29 is 8.42 Å². The van der Waals surface area contributed by atoms with Crippen molar-refractivity contribution >= 4 is 27.1 Å². The Balaban J connectivity index is 1.86. The van der Waals surface area contributed by atoms with E-state index in [1.54, 1.807) is 12.1 Å². The minimum absolute atomic E-state index is 0.587. The Kier molecular flexibility index (Phi) is 3.14. The van der Waals surface area contributed by atoms with E-state index < -0.39 is 10.0 Å². The molecule has 1 aliphatic heterocycles. The van der Waals surface area contributed by atoms with Gasteiger partial charge in [0.2, 0.25) is 10.0 Å². The standard InChI is InChI=1S/C15H16N2O2S/c1-20(18,19)16-13-6-8-14(9-7-13)17-11-10-12-4-2-3-5-15(12)17/h2-9,16H,10-11H2,1H3. The number of benzene rings is 2. The minimum atomic E-state index is -3.22. The van der Waals surface area contributed by atoms with Crippen LogP contribution in [0.4, 0.5) is 17.1 Å². The van der Waals surface area contributed by atoms with Crippen LogP contribution in [0.25, 0.3) is 0 Å². The Hall–Kier alpha value is -2.01. The van der Waals surface area contributed by atoms with Gasteiger partial charge in [0.05, 0.1) is 6.26 Å². The maximum Gasteiger partial charge on any atom is 0.229 e. The van der Waals surface area contributed by atoms with Crippen LogP contribution < -0.4 is 9.62 Å². The highest BCUT2D eigenvalue weighted by atomic mass is 32.2. The third kappa shape index (κ3) is 2.63. The highest BCUT2D eigenvalue weighted by Gasteiger charge is 2.19. The molecule has 0 radical (unpaired) electrons. The molecule has 0 aliphatic carbocycles. The highest BCUT2D eigenvalue weighted by Crippen LogP contribution is 2.34. The van der Waals surface area contributed by atoms with Gasteiger partial charge in [-0.1, -0.05) is 18.2 Å². The summed E-state index contributed by atoms with van der Waals surface area (Å²) in [6, 6.07) is 15.8. The topological polar surface area (TPSA) is 49.4 Å². The molecular formula is C15H16N2O2S. The van der Waals surface area contributed by atoms with Gasteiger partial charge in [-0.3, -0.25) is 4.72 Å². The molecule has 2 aromatic rings. The predicted octanol–water partition coefficient (Wildman–Crippen LogP) is 2.75. The fourth-order valence-corrected chi connectivity index (χ4v) is 3.09. The molecule has 1 heterocycles. The molecule has 0 spiro atoms. The quantitative estimate of drug-likeness (QED) is 0.944. The van der Waals surface area contributed by atoms with Crippen molar-refractivity contribution in [1.29, 1.82) is 0 Å². The molecule has 0 aromatic heterocycles. The van der Waals surface area contributed by atoms with Crippen molar-refractivity contribution in [3.8, 4) is 0 Å². The van der Waals surface area contributed by atoms with Gasteiger partial charge in [0.25, 0.3) is 0 Å². The molecule has 0 fully saturated rings. The van der Waals surface area contributed by atoms with Gasteiger partial charge in [-0.25, -0.2) is 8.42 Å². The van der Waals surface area contributed by atoms with E-state index in [9.17, 15) is 8.42 Å². The molecule has 0 bridgehead atoms. The fraction of sp³-hybridized carbons (Fsp3) is 0.200. The zero-order valence-corrected chi connectivity index (χ0v) is 12.0. The van der Waals surface area contributed by atoms with Crippen LogP contribution in [-0.2, 0) is 16.4 Å². The third-order valence-corrected chi connectivity index (χ3v) is 3.98. The van der Waals surface area contributed by atoms with Gasteiger partial charge in [0.1, 0.15) is 0 Å². The molecule has 0 amide bonds. The average Bonchev–Trinajstić information content (AvgIpc) is 2.82. The molecule has 1 aliphatic rings. The van der Waals surface area contributed by atoms with Crippen LogP contribution in [0, 0.1) is 0 Å². The van der Waals surface area contributed by atoms with Crippen molar-refractivity contribution in [2.75, 3.05) is 22.4 Å². The van der Waals surface area contributed by atoms with E-state index in [1.165, 1.54) is 11.3 Å². The summed E-state index contributed by atoms with van der Waals surface area (Å²) in [7, 11) is -3.22. The van der Waals surface area contributed by atoms with Gasteiger partial charge in [0, 0.05) is 23.6 Å². The summed E-state index contributed by atoms with van der Waals surface area (Å²) in [5.41, 5.74) is 4.25. The Morgan fingerprint density at radius 2 is 1.75 bits per heavy atom. The first kappa shape index (κ1) is 13.0. The third-order valence-electron chi connectivity index (χ3n) is 3.37. The van der Waals surface area contributed by atoms with E-state index in [0.717, 1.165) is 24.9 Å². The zero-order chi connectivity index (χ0) is 14.2. The second-order valence-electron chi connectivity index (χ2n) is 4.95. The summed E-state index contributed by atoms with van der Waals surface area (Å²) in [5, 5.41) is 0. The van der Waals surface area contributed by atoms with Crippen LogP contribution in [-0.4, -0.2) is 21.2 Å². The smallest absolute Gasteiger partial charge is 0.229 e. The number of fused-ring (bicyclic) bond motifs is 1. The van der Waals surface area contributed by atoms with E-state index in [0.29, 0.717) is 5.69 Å². The maximum atomic E-state index is 11.2. The van der Waals surface area contributed by atoms with Gasteiger partial charge in [-0.05, 0) is 42.3 Å². The first-order valence-electron chi connectivity index (χ1n) is 6.46. The van der Waals surface area contributed by atoms with Crippen LogP contribution in [0.3, 0.4) is 0 Å². The number of para-hydroxylation sites is 1. The lowest BCUT2D eigenvalue weighted by molar-refractivity contribution is 0.607. The van der Waals surface area contributed by atoms with Gasteiger partial charge in [-0.2, -0.15) is 0 Å². The zero-order valence-electron chi connectivity index (χ0n) is 11.2. The van der Waals surface area contributed by atoms with Crippen LogP contribution in [0.5, 0.6) is 0 Å². The van der Waals surface area contributed by atoms with Gasteiger partial charge in [0.15, 0.2) is 0 Å². The van der Waals surface area contributed by atoms with E-state index in [4.69, 9.17) is 0 Å². The van der Waals surface area contributed by atoms with Crippen LogP contribution in [0.15, 0.2) is 48.5 Å². The van der Waals surface area contributed by atoms with E-state index >= 15 is 0 Å². The normalized spacial score (nSPS) is 14.2. The Labute approximate surface area is 119 Å². The van der Waals surface area contributed by atoms with Crippen molar-refractivity contribution in [2.45, 2.75) is 6.42 Å². The summed E-state index contributed by atoms with van der Waals surface area (Å²) < 4.78 is 24.8. The second-order valence-corrected chi connectivity index (χ2v) is 6.70. The molecular weight excluding hydrogens is 272 g/mol. The largest absolute Gasteiger partial charge is 0.341 e. The molecule has 3 rings (SSSR count). The number of hydrogen-bond acceptors (Lipinski definition) is 3. The number of nitrogens with one attached hydrogen (secondary N) is 1. The fourth-order valence-electron chi connectivity index (χ4n) is 2.53. The van der Waals surface area contributed by atoms with Crippen molar-refractivity contribution in [1.82, 2.24) is 0 Å².